The highest BCUT2D eigenvalue weighted by Gasteiger charge is 2.35. The molecule has 3 N–H and O–H groups in total. The summed E-state index contributed by atoms with van der Waals surface area (Å²) in [5.41, 5.74) is 3.16. The minimum absolute atomic E-state index is 0.0227. The van der Waals surface area contributed by atoms with E-state index in [-0.39, 0.29) is 41.7 Å². The number of aliphatic carboxylic acids is 1. The smallest absolute Gasteiger partial charge is 0.410 e. The van der Waals surface area contributed by atoms with E-state index in [1.807, 2.05) is 34.1 Å². The van der Waals surface area contributed by atoms with Crippen molar-refractivity contribution in [3.63, 3.8) is 0 Å². The van der Waals surface area contributed by atoms with Crippen LogP contribution in [-0.2, 0) is 27.2 Å². The summed E-state index contributed by atoms with van der Waals surface area (Å²) < 4.78 is 5.96. The van der Waals surface area contributed by atoms with E-state index in [1.165, 1.54) is 0 Å². The fraction of sp³-hybridized carbons (Fsp3) is 0.568. The lowest BCUT2D eigenvalue weighted by molar-refractivity contribution is -0.140. The number of carbonyl (C=O) groups is 4. The number of fused-ring (bicyclic) bond motifs is 1. The minimum atomic E-state index is -1.10. The number of anilines is 1. The molecule has 50 heavy (non-hydrogen) atoms. The van der Waals surface area contributed by atoms with Crippen LogP contribution in [0.15, 0.2) is 36.4 Å². The molecule has 0 spiro atoms. The van der Waals surface area contributed by atoms with Crippen LogP contribution in [0.5, 0.6) is 5.75 Å². The molecule has 3 aliphatic heterocycles. The third kappa shape index (κ3) is 9.39. The van der Waals surface area contributed by atoms with Gasteiger partial charge in [0, 0.05) is 51.4 Å². The van der Waals surface area contributed by atoms with Gasteiger partial charge in [-0.2, -0.15) is 0 Å². The number of halogens is 1. The largest absolute Gasteiger partial charge is 0.506 e. The van der Waals surface area contributed by atoms with Crippen LogP contribution in [-0.4, -0.2) is 119 Å². The number of phenols is 1. The van der Waals surface area contributed by atoms with E-state index in [9.17, 15) is 24.3 Å². The second-order valence-corrected chi connectivity index (χ2v) is 14.5. The number of hydrogen-bond donors (Lipinski definition) is 3. The van der Waals surface area contributed by atoms with Crippen molar-refractivity contribution in [2.75, 3.05) is 58.2 Å². The van der Waals surface area contributed by atoms with E-state index in [1.54, 1.807) is 35.9 Å². The van der Waals surface area contributed by atoms with Gasteiger partial charge in [0.25, 0.3) is 5.91 Å². The Balaban J connectivity index is 1.18. The number of nitrogens with one attached hydrogen (secondary N) is 1. The van der Waals surface area contributed by atoms with Gasteiger partial charge in [-0.1, -0.05) is 42.8 Å². The molecule has 12 nitrogen and oxygen atoms in total. The average Bonchev–Trinajstić information content (AvgIpc) is 3.26. The molecule has 2 atom stereocenters. The molecule has 0 aliphatic carbocycles. The number of amides is 4. The maximum absolute atomic E-state index is 13.9. The summed E-state index contributed by atoms with van der Waals surface area (Å²) in [5, 5.41) is 22.5. The molecule has 3 heterocycles. The second-order valence-electron chi connectivity index (χ2n) is 14.1. The molecule has 0 aromatic heterocycles. The van der Waals surface area contributed by atoms with Crippen molar-refractivity contribution in [3.8, 4) is 5.75 Å². The number of likely N-dealkylation sites (N-methyl/N-ethyl adjacent to an activating group) is 1. The van der Waals surface area contributed by atoms with E-state index in [0.29, 0.717) is 62.0 Å². The zero-order valence-corrected chi connectivity index (χ0v) is 30.0. The number of carbonyl (C=O) groups excluding carboxylic acids is 3. The number of rotatable bonds is 11. The molecule has 2 fully saturated rings. The summed E-state index contributed by atoms with van der Waals surface area (Å²) in [5.74, 6) is -0.384. The van der Waals surface area contributed by atoms with Gasteiger partial charge in [-0.05, 0) is 99.2 Å². The van der Waals surface area contributed by atoms with Crippen molar-refractivity contribution in [2.24, 2.45) is 11.8 Å². The highest BCUT2D eigenvalue weighted by Crippen LogP contribution is 2.31. The number of para-hydroxylation sites is 1. The lowest BCUT2D eigenvalue weighted by Gasteiger charge is -2.38. The summed E-state index contributed by atoms with van der Waals surface area (Å²) in [6, 6.07) is 11.0. The number of carboxylic acid groups (broad SMARTS) is 1. The maximum atomic E-state index is 13.9. The van der Waals surface area contributed by atoms with Crippen LogP contribution >= 0.6 is 11.6 Å². The van der Waals surface area contributed by atoms with E-state index < -0.39 is 18.2 Å². The van der Waals surface area contributed by atoms with Gasteiger partial charge in [0.15, 0.2) is 6.10 Å². The maximum Gasteiger partial charge on any atom is 0.410 e. The normalized spacial score (nSPS) is 18.8. The zero-order chi connectivity index (χ0) is 35.9. The molecular formula is C37H50ClN5O7. The summed E-state index contributed by atoms with van der Waals surface area (Å²) in [4.78, 5) is 58.7. The van der Waals surface area contributed by atoms with Gasteiger partial charge in [-0.15, -0.1) is 0 Å². The molecule has 13 heteroatoms. The minimum Gasteiger partial charge on any atom is -0.506 e. The topological polar surface area (TPSA) is 143 Å². The Kier molecular flexibility index (Phi) is 12.5. The van der Waals surface area contributed by atoms with Crippen LogP contribution in [0.25, 0.3) is 0 Å². The molecule has 5 rings (SSSR count). The van der Waals surface area contributed by atoms with Crippen molar-refractivity contribution in [3.05, 3.63) is 58.1 Å². The van der Waals surface area contributed by atoms with Gasteiger partial charge in [0.1, 0.15) is 5.75 Å². The van der Waals surface area contributed by atoms with Crippen molar-refractivity contribution in [2.45, 2.75) is 70.9 Å². The summed E-state index contributed by atoms with van der Waals surface area (Å²) >= 11 is 6.26. The quantitative estimate of drug-likeness (QED) is 0.288. The third-order valence-corrected chi connectivity index (χ3v) is 10.9. The molecule has 0 bridgehead atoms. The van der Waals surface area contributed by atoms with E-state index >= 15 is 0 Å². The lowest BCUT2D eigenvalue weighted by atomic mass is 9.83. The number of piperidine rings is 2. The summed E-state index contributed by atoms with van der Waals surface area (Å²) in [7, 11) is 1.72. The van der Waals surface area contributed by atoms with E-state index in [4.69, 9.17) is 21.4 Å². The monoisotopic (exact) mass is 711 g/mol. The number of nitrogens with zero attached hydrogens (tertiary/aromatic N) is 4. The van der Waals surface area contributed by atoms with Crippen LogP contribution in [0.4, 0.5) is 15.3 Å². The fourth-order valence-electron chi connectivity index (χ4n) is 7.47. The molecule has 3 aliphatic rings. The third-order valence-electron chi connectivity index (χ3n) is 10.7. The zero-order valence-electron chi connectivity index (χ0n) is 29.3. The molecule has 4 amide bonds. The molecule has 2 aromatic rings. The van der Waals surface area contributed by atoms with Gasteiger partial charge in [0.2, 0.25) is 0 Å². The predicted octanol–water partition coefficient (Wildman–Crippen LogP) is 5.24. The van der Waals surface area contributed by atoms with Gasteiger partial charge in [-0.3, -0.25) is 14.5 Å². The van der Waals surface area contributed by atoms with Gasteiger partial charge < -0.3 is 35.0 Å². The predicted molar refractivity (Wildman–Crippen MR) is 191 cm³/mol. The Hall–Kier alpha value is -4.03. The molecule has 0 saturated carbocycles. The average molecular weight is 712 g/mol. The van der Waals surface area contributed by atoms with Gasteiger partial charge in [0.05, 0.1) is 11.6 Å². The van der Waals surface area contributed by atoms with Gasteiger partial charge >= 0.3 is 18.1 Å². The van der Waals surface area contributed by atoms with Crippen molar-refractivity contribution in [1.82, 2.24) is 19.6 Å². The first kappa shape index (κ1) is 37.2. The van der Waals surface area contributed by atoms with E-state index in [2.05, 4.69) is 12.2 Å². The fourth-order valence-corrected chi connectivity index (χ4v) is 7.76. The van der Waals surface area contributed by atoms with Crippen LogP contribution in [0.2, 0.25) is 5.02 Å². The first-order chi connectivity index (χ1) is 23.9. The number of likely N-dealkylation sites (tertiary alicyclic amines) is 2. The summed E-state index contributed by atoms with van der Waals surface area (Å²) in [6.45, 7) is 7.32. The molecular weight excluding hydrogens is 662 g/mol. The van der Waals surface area contributed by atoms with Gasteiger partial charge in [-0.25, -0.2) is 9.59 Å². The van der Waals surface area contributed by atoms with Crippen molar-refractivity contribution < 1.29 is 34.1 Å². The Morgan fingerprint density at radius 1 is 1.06 bits per heavy atom. The Bertz CT molecular complexity index is 1520. The standard InChI is InChI=1S/C37H50ClN5O7/c1-24(27-9-15-41(16-10-27)23-33(44)45)8-14-40(3)35(47)32(22-26-20-25(2)34(46)30(38)21-26)50-37(49)42-17-12-29(13-18-42)43-19-11-28-6-4-5-7-31(28)39-36(43)48/h4-7,20-21,24,27,29,32,46H,8-19,22-23H2,1-3H3,(H,39,48)(H,44,45)/t24?,32-/m1/s1. The highest BCUT2D eigenvalue weighted by atomic mass is 35.5. The first-order valence-corrected chi connectivity index (χ1v) is 18.1. The Morgan fingerprint density at radius 2 is 1.76 bits per heavy atom. The van der Waals surface area contributed by atoms with Crippen LogP contribution in [0, 0.1) is 18.8 Å². The number of phenolic OH excluding ortho intramolecular Hbond substituents is 1. The Labute approximate surface area is 299 Å². The highest BCUT2D eigenvalue weighted by molar-refractivity contribution is 6.32. The molecule has 2 aromatic carbocycles. The number of urea groups is 1. The molecule has 2 saturated heterocycles. The number of carboxylic acids is 1. The van der Waals surface area contributed by atoms with Crippen LogP contribution in [0.1, 0.15) is 55.7 Å². The number of aryl methyl sites for hydroxylation is 1. The molecule has 272 valence electrons. The summed E-state index contributed by atoms with van der Waals surface area (Å²) in [6.07, 6.45) is 2.95. The van der Waals surface area contributed by atoms with Crippen molar-refractivity contribution in [1.29, 1.82) is 0 Å². The Morgan fingerprint density at radius 3 is 2.44 bits per heavy atom. The first-order valence-electron chi connectivity index (χ1n) is 17.7. The van der Waals surface area contributed by atoms with Crippen LogP contribution < -0.4 is 5.32 Å². The SMILES string of the molecule is Cc1cc(C[C@@H](OC(=O)N2CCC(N3CCc4ccccc4NC3=O)CC2)C(=O)N(C)CCC(C)C2CCN(CC(=O)O)CC2)cc(Cl)c1O. The van der Waals surface area contributed by atoms with Crippen molar-refractivity contribution >= 4 is 41.3 Å². The lowest BCUT2D eigenvalue weighted by Crippen LogP contribution is -2.51. The van der Waals surface area contributed by atoms with E-state index in [0.717, 1.165) is 50.0 Å². The molecule has 1 unspecified atom stereocenters. The number of benzene rings is 2. The molecule has 0 radical (unpaired) electrons. The number of ether oxygens (including phenoxy) is 1. The van der Waals surface area contributed by atoms with Crippen LogP contribution in [0.3, 0.4) is 0 Å². The number of hydrogen-bond acceptors (Lipinski definition) is 7. The number of aromatic hydroxyl groups is 1. The second kappa shape index (κ2) is 16.8.